The molecule has 0 bridgehead atoms. The smallest absolute Gasteiger partial charge is 0.234 e. The second-order valence-electron chi connectivity index (χ2n) is 6.60. The maximum atomic E-state index is 12.4. The predicted octanol–water partition coefficient (Wildman–Crippen LogP) is 4.14. The van der Waals surface area contributed by atoms with Crippen LogP contribution < -0.4 is 5.32 Å². The first-order valence-corrected chi connectivity index (χ1v) is 11.6. The van der Waals surface area contributed by atoms with Crippen LogP contribution in [0, 0.1) is 0 Å². The predicted molar refractivity (Wildman–Crippen MR) is 123 cm³/mol. The van der Waals surface area contributed by atoms with Crippen molar-refractivity contribution < 1.29 is 4.79 Å². The normalized spacial score (nSPS) is 10.7. The Morgan fingerprint density at radius 1 is 0.935 bits per heavy atom. The molecule has 9 heteroatoms. The summed E-state index contributed by atoms with van der Waals surface area (Å²) in [6, 6.07) is 23.7. The lowest BCUT2D eigenvalue weighted by molar-refractivity contribution is -0.113. The van der Waals surface area contributed by atoms with E-state index in [-0.39, 0.29) is 11.7 Å². The van der Waals surface area contributed by atoms with Crippen molar-refractivity contribution in [1.82, 2.24) is 25.2 Å². The fraction of sp³-hybridized carbons (Fsp3) is 0.136. The zero-order valence-corrected chi connectivity index (χ0v) is 18.2. The number of benzene rings is 2. The number of rotatable bonds is 9. The third-order valence-electron chi connectivity index (χ3n) is 4.24. The molecule has 4 rings (SSSR count). The van der Waals surface area contributed by atoms with Crippen molar-refractivity contribution in [2.75, 3.05) is 11.1 Å². The standard InChI is InChI=1S/C22H20N6OS2/c29-20(16-31-22-25-26-27-28(22)14-17-7-2-1-3-8-17)24-19-10-6-9-18(13-19)15-30-21-11-4-5-12-23-21/h1-13H,14-16H2,(H,24,29). The molecule has 0 aliphatic heterocycles. The Hall–Kier alpha value is -3.17. The van der Waals surface area contributed by atoms with Gasteiger partial charge in [-0.3, -0.25) is 4.79 Å². The molecule has 2 aromatic carbocycles. The number of carbonyl (C=O) groups excluding carboxylic acids is 1. The van der Waals surface area contributed by atoms with E-state index in [2.05, 4.69) is 25.8 Å². The summed E-state index contributed by atoms with van der Waals surface area (Å²) >= 11 is 2.97. The highest BCUT2D eigenvalue weighted by atomic mass is 32.2. The topological polar surface area (TPSA) is 85.6 Å². The van der Waals surface area contributed by atoms with Gasteiger partial charge in [-0.15, -0.1) is 16.9 Å². The fourth-order valence-electron chi connectivity index (χ4n) is 2.81. The highest BCUT2D eigenvalue weighted by molar-refractivity contribution is 7.99. The molecular formula is C22H20N6OS2. The van der Waals surface area contributed by atoms with E-state index < -0.39 is 0 Å². The van der Waals surface area contributed by atoms with Crippen LogP contribution in [0.5, 0.6) is 0 Å². The van der Waals surface area contributed by atoms with E-state index in [0.717, 1.165) is 27.6 Å². The summed E-state index contributed by atoms with van der Waals surface area (Å²) in [5.41, 5.74) is 2.99. The van der Waals surface area contributed by atoms with Crippen molar-refractivity contribution in [2.45, 2.75) is 22.5 Å². The van der Waals surface area contributed by atoms with Crippen LogP contribution in [0.2, 0.25) is 0 Å². The van der Waals surface area contributed by atoms with E-state index in [1.54, 1.807) is 22.6 Å². The largest absolute Gasteiger partial charge is 0.325 e. The van der Waals surface area contributed by atoms with E-state index in [1.807, 2.05) is 72.8 Å². The zero-order chi connectivity index (χ0) is 21.3. The number of anilines is 1. The Balaban J connectivity index is 1.29. The van der Waals surface area contributed by atoms with Gasteiger partial charge in [0.05, 0.1) is 17.3 Å². The van der Waals surface area contributed by atoms with E-state index in [9.17, 15) is 4.79 Å². The van der Waals surface area contributed by atoms with Gasteiger partial charge < -0.3 is 5.32 Å². The van der Waals surface area contributed by atoms with Crippen molar-refractivity contribution in [3.63, 3.8) is 0 Å². The first-order chi connectivity index (χ1) is 15.3. The first-order valence-electron chi connectivity index (χ1n) is 9.62. The molecule has 2 heterocycles. The van der Waals surface area contributed by atoms with Crippen LogP contribution in [-0.2, 0) is 17.1 Å². The Labute approximate surface area is 188 Å². The Kier molecular flexibility index (Phi) is 7.30. The quantitative estimate of drug-likeness (QED) is 0.385. The lowest BCUT2D eigenvalue weighted by Crippen LogP contribution is -2.15. The van der Waals surface area contributed by atoms with Crippen LogP contribution in [-0.4, -0.2) is 36.9 Å². The number of carbonyl (C=O) groups is 1. The third kappa shape index (κ3) is 6.40. The molecule has 0 spiro atoms. The number of nitrogens with zero attached hydrogens (tertiary/aromatic N) is 5. The Bertz CT molecular complexity index is 1120. The van der Waals surface area contributed by atoms with Gasteiger partial charge in [0, 0.05) is 17.6 Å². The summed E-state index contributed by atoms with van der Waals surface area (Å²) in [7, 11) is 0. The number of aromatic nitrogens is 5. The molecule has 31 heavy (non-hydrogen) atoms. The van der Waals surface area contributed by atoms with Gasteiger partial charge in [0.2, 0.25) is 11.1 Å². The highest BCUT2D eigenvalue weighted by Crippen LogP contribution is 2.22. The van der Waals surface area contributed by atoms with Gasteiger partial charge in [0.25, 0.3) is 0 Å². The van der Waals surface area contributed by atoms with Crippen molar-refractivity contribution in [2.24, 2.45) is 0 Å². The van der Waals surface area contributed by atoms with Crippen LogP contribution in [0.3, 0.4) is 0 Å². The summed E-state index contributed by atoms with van der Waals surface area (Å²) in [5.74, 6) is 0.903. The number of hydrogen-bond acceptors (Lipinski definition) is 7. The molecule has 0 atom stereocenters. The van der Waals surface area contributed by atoms with Crippen LogP contribution >= 0.6 is 23.5 Å². The van der Waals surface area contributed by atoms with Crippen molar-refractivity contribution >= 4 is 35.1 Å². The Morgan fingerprint density at radius 3 is 2.61 bits per heavy atom. The van der Waals surface area contributed by atoms with Crippen molar-refractivity contribution in [1.29, 1.82) is 0 Å². The SMILES string of the molecule is O=C(CSc1nnnn1Cc1ccccc1)Nc1cccc(CSc2ccccn2)c1. The van der Waals surface area contributed by atoms with E-state index in [1.165, 1.54) is 11.8 Å². The van der Waals surface area contributed by atoms with E-state index in [0.29, 0.717) is 11.7 Å². The van der Waals surface area contributed by atoms with E-state index >= 15 is 0 Å². The fourth-order valence-corrected chi connectivity index (χ4v) is 4.29. The van der Waals surface area contributed by atoms with Crippen molar-refractivity contribution in [3.05, 3.63) is 90.1 Å². The lowest BCUT2D eigenvalue weighted by atomic mass is 10.2. The number of amides is 1. The van der Waals surface area contributed by atoms with Crippen LogP contribution in [0.1, 0.15) is 11.1 Å². The first kappa shape index (κ1) is 21.1. The van der Waals surface area contributed by atoms with Crippen molar-refractivity contribution in [3.8, 4) is 0 Å². The second-order valence-corrected chi connectivity index (χ2v) is 8.54. The number of nitrogens with one attached hydrogen (secondary N) is 1. The summed E-state index contributed by atoms with van der Waals surface area (Å²) < 4.78 is 1.70. The summed E-state index contributed by atoms with van der Waals surface area (Å²) in [4.78, 5) is 16.8. The molecule has 0 aliphatic carbocycles. The number of tetrazole rings is 1. The Morgan fingerprint density at radius 2 is 1.77 bits per heavy atom. The zero-order valence-electron chi connectivity index (χ0n) is 16.6. The molecule has 156 valence electrons. The number of pyridine rings is 1. The number of hydrogen-bond donors (Lipinski definition) is 1. The molecule has 0 unspecified atom stereocenters. The minimum absolute atomic E-state index is 0.103. The second kappa shape index (κ2) is 10.7. The average molecular weight is 449 g/mol. The molecule has 4 aromatic rings. The van der Waals surface area contributed by atoms with Gasteiger partial charge in [-0.05, 0) is 45.8 Å². The van der Waals surface area contributed by atoms with Gasteiger partial charge in [-0.25, -0.2) is 9.67 Å². The maximum absolute atomic E-state index is 12.4. The molecule has 1 amide bonds. The van der Waals surface area contributed by atoms with E-state index in [4.69, 9.17) is 0 Å². The van der Waals surface area contributed by atoms with Gasteiger partial charge in [0.15, 0.2) is 0 Å². The monoisotopic (exact) mass is 448 g/mol. The minimum atomic E-state index is -0.103. The molecule has 0 saturated carbocycles. The molecule has 0 aliphatic rings. The van der Waals surface area contributed by atoms with Gasteiger partial charge >= 0.3 is 0 Å². The molecule has 1 N–H and O–H groups in total. The summed E-state index contributed by atoms with van der Waals surface area (Å²) in [5, 5.41) is 16.3. The molecular weight excluding hydrogens is 428 g/mol. The van der Waals surface area contributed by atoms with Crippen LogP contribution in [0.15, 0.2) is 89.2 Å². The lowest BCUT2D eigenvalue weighted by Gasteiger charge is -2.08. The van der Waals surface area contributed by atoms with Gasteiger partial charge in [-0.1, -0.05) is 60.3 Å². The summed E-state index contributed by atoms with van der Waals surface area (Å²) in [6.45, 7) is 0.563. The molecule has 7 nitrogen and oxygen atoms in total. The maximum Gasteiger partial charge on any atom is 0.234 e. The average Bonchev–Trinajstić information content (AvgIpc) is 3.25. The number of thioether (sulfide) groups is 2. The third-order valence-corrected chi connectivity index (χ3v) is 6.21. The molecule has 2 aromatic heterocycles. The molecule has 0 radical (unpaired) electrons. The molecule has 0 fully saturated rings. The highest BCUT2D eigenvalue weighted by Gasteiger charge is 2.11. The van der Waals surface area contributed by atoms with Gasteiger partial charge in [-0.2, -0.15) is 0 Å². The van der Waals surface area contributed by atoms with Crippen LogP contribution in [0.25, 0.3) is 0 Å². The van der Waals surface area contributed by atoms with Crippen LogP contribution in [0.4, 0.5) is 5.69 Å². The minimum Gasteiger partial charge on any atom is -0.325 e. The van der Waals surface area contributed by atoms with Gasteiger partial charge in [0.1, 0.15) is 0 Å². The molecule has 0 saturated heterocycles. The summed E-state index contributed by atoms with van der Waals surface area (Å²) in [6.07, 6.45) is 1.78.